The molecule has 0 amide bonds. The fourth-order valence-electron chi connectivity index (χ4n) is 2.85. The molecule has 2 atom stereocenters. The van der Waals surface area contributed by atoms with E-state index in [0.29, 0.717) is 5.56 Å². The summed E-state index contributed by atoms with van der Waals surface area (Å²) in [5, 5.41) is 0. The summed E-state index contributed by atoms with van der Waals surface area (Å²) >= 11 is 0. The third kappa shape index (κ3) is 13.7. The first-order valence-electron chi connectivity index (χ1n) is 12.6. The number of ether oxygens (including phenoxy) is 7. The maximum atomic E-state index is 12.4. The van der Waals surface area contributed by atoms with Gasteiger partial charge in [0.1, 0.15) is 18.8 Å². The van der Waals surface area contributed by atoms with Gasteiger partial charge in [0.05, 0.1) is 18.8 Å². The van der Waals surface area contributed by atoms with Gasteiger partial charge in [-0.25, -0.2) is 14.4 Å². The Bertz CT molecular complexity index is 916. The fraction of sp³-hybridized carbons (Fsp3) is 0.615. The van der Waals surface area contributed by atoms with Crippen LogP contribution < -0.4 is 15.2 Å². The van der Waals surface area contributed by atoms with E-state index in [1.807, 2.05) is 6.92 Å². The molecule has 0 aliphatic carbocycles. The van der Waals surface area contributed by atoms with Crippen molar-refractivity contribution in [3.63, 3.8) is 0 Å². The molecule has 0 aliphatic rings. The molecule has 0 radical (unpaired) electrons. The zero-order valence-corrected chi connectivity index (χ0v) is 22.9. The number of hydrogen-bond donors (Lipinski definition) is 1. The lowest BCUT2D eigenvalue weighted by Crippen LogP contribution is -2.37. The molecule has 0 aliphatic heterocycles. The largest absolute Gasteiger partial charge is 0.514 e. The summed E-state index contributed by atoms with van der Waals surface area (Å²) in [6.45, 7) is 10.2. The average molecular weight is 542 g/mol. The number of benzene rings is 1. The van der Waals surface area contributed by atoms with E-state index in [0.717, 1.165) is 19.3 Å². The number of carbonyl (C=O) groups is 4. The predicted molar refractivity (Wildman–Crippen MR) is 135 cm³/mol. The zero-order chi connectivity index (χ0) is 28.7. The molecule has 2 N–H and O–H groups in total. The Morgan fingerprint density at radius 2 is 1.39 bits per heavy atom. The molecular weight excluding hydrogens is 502 g/mol. The van der Waals surface area contributed by atoms with Crippen LogP contribution in [-0.2, 0) is 34.9 Å². The van der Waals surface area contributed by atoms with Gasteiger partial charge in [0.2, 0.25) is 0 Å². The van der Waals surface area contributed by atoms with Crippen LogP contribution >= 0.6 is 0 Å². The average Bonchev–Trinajstić information content (AvgIpc) is 2.81. The summed E-state index contributed by atoms with van der Waals surface area (Å²) in [4.78, 5) is 48.0. The highest BCUT2D eigenvalue weighted by Crippen LogP contribution is 2.30. The first kappa shape index (κ1) is 32.5. The van der Waals surface area contributed by atoms with Crippen molar-refractivity contribution in [2.45, 2.75) is 91.6 Å². The Kier molecular flexibility index (Phi) is 14.6. The van der Waals surface area contributed by atoms with Crippen LogP contribution in [0.2, 0.25) is 0 Å². The van der Waals surface area contributed by atoms with Crippen LogP contribution in [0.4, 0.5) is 14.4 Å². The van der Waals surface area contributed by atoms with Crippen LogP contribution in [0.3, 0.4) is 0 Å². The highest BCUT2D eigenvalue weighted by atomic mass is 16.8. The van der Waals surface area contributed by atoms with Crippen molar-refractivity contribution in [3.8, 4) is 11.5 Å². The van der Waals surface area contributed by atoms with Gasteiger partial charge in [-0.3, -0.25) is 4.79 Å². The molecule has 0 heterocycles. The lowest BCUT2D eigenvalue weighted by Gasteiger charge is -2.18. The highest BCUT2D eigenvalue weighted by molar-refractivity contribution is 5.76. The monoisotopic (exact) mass is 541 g/mol. The molecule has 0 aromatic heterocycles. The maximum absolute atomic E-state index is 12.4. The second-order valence-corrected chi connectivity index (χ2v) is 8.99. The normalized spacial score (nSPS) is 12.3. The van der Waals surface area contributed by atoms with Crippen molar-refractivity contribution in [3.05, 3.63) is 23.8 Å². The van der Waals surface area contributed by atoms with Gasteiger partial charge in [0.25, 0.3) is 0 Å². The molecule has 0 fully saturated rings. The van der Waals surface area contributed by atoms with Crippen molar-refractivity contribution in [1.29, 1.82) is 0 Å². The van der Waals surface area contributed by atoms with Crippen LogP contribution in [0.25, 0.3) is 0 Å². The number of esters is 1. The SMILES string of the molecule is CCCCCOC(=O)OC[C@H](C)OC(=O)[C@@H](N)Cc1ccc(OC(=O)OC(C)C)c(OC(=O)OC(C)C)c1. The summed E-state index contributed by atoms with van der Waals surface area (Å²) in [5.41, 5.74) is 6.47. The van der Waals surface area contributed by atoms with Gasteiger partial charge < -0.3 is 38.9 Å². The summed E-state index contributed by atoms with van der Waals surface area (Å²) in [7, 11) is 0. The van der Waals surface area contributed by atoms with Crippen molar-refractivity contribution >= 4 is 24.4 Å². The van der Waals surface area contributed by atoms with Crippen LogP contribution in [-0.4, -0.2) is 62.0 Å². The van der Waals surface area contributed by atoms with E-state index in [4.69, 9.17) is 38.9 Å². The number of unbranched alkanes of at least 4 members (excludes halogenated alkanes) is 2. The predicted octanol–water partition coefficient (Wildman–Crippen LogP) is 4.68. The summed E-state index contributed by atoms with van der Waals surface area (Å²) in [6.07, 6.45) is -1.80. The van der Waals surface area contributed by atoms with Crippen LogP contribution in [0.15, 0.2) is 18.2 Å². The fourth-order valence-corrected chi connectivity index (χ4v) is 2.85. The molecule has 0 saturated heterocycles. The topological polar surface area (TPSA) is 159 Å². The van der Waals surface area contributed by atoms with E-state index in [2.05, 4.69) is 0 Å². The molecule has 0 unspecified atom stereocenters. The van der Waals surface area contributed by atoms with E-state index in [1.54, 1.807) is 34.6 Å². The van der Waals surface area contributed by atoms with Gasteiger partial charge in [-0.2, -0.15) is 0 Å². The lowest BCUT2D eigenvalue weighted by molar-refractivity contribution is -0.152. The third-order valence-corrected chi connectivity index (χ3v) is 4.54. The minimum absolute atomic E-state index is 0.00180. The molecular formula is C26H39NO11. The number of nitrogens with two attached hydrogens (primary N) is 1. The second kappa shape index (κ2) is 17.1. The number of hydrogen-bond acceptors (Lipinski definition) is 12. The van der Waals surface area contributed by atoms with E-state index >= 15 is 0 Å². The lowest BCUT2D eigenvalue weighted by atomic mass is 10.1. The minimum Gasteiger partial charge on any atom is -0.458 e. The Morgan fingerprint density at radius 1 is 0.789 bits per heavy atom. The van der Waals surface area contributed by atoms with Gasteiger partial charge in [0, 0.05) is 0 Å². The highest BCUT2D eigenvalue weighted by Gasteiger charge is 2.22. The van der Waals surface area contributed by atoms with Crippen molar-refractivity contribution in [2.24, 2.45) is 5.73 Å². The third-order valence-electron chi connectivity index (χ3n) is 4.54. The zero-order valence-electron chi connectivity index (χ0n) is 22.9. The molecule has 1 aromatic rings. The maximum Gasteiger partial charge on any atom is 0.514 e. The molecule has 1 rings (SSSR count). The summed E-state index contributed by atoms with van der Waals surface area (Å²) < 4.78 is 35.4. The Balaban J connectivity index is 2.76. The number of rotatable bonds is 14. The van der Waals surface area contributed by atoms with Crippen LogP contribution in [0.1, 0.15) is 66.4 Å². The minimum atomic E-state index is -1.09. The summed E-state index contributed by atoms with van der Waals surface area (Å²) in [6, 6.07) is 3.20. The van der Waals surface area contributed by atoms with Crippen molar-refractivity contribution < 1.29 is 52.3 Å². The summed E-state index contributed by atoms with van der Waals surface area (Å²) in [5.74, 6) is -0.961. The standard InChI is InChI=1S/C26H39NO11/c1-7-8-9-12-32-24(29)33-15-18(6)36-23(28)20(27)13-19-10-11-21(37-25(30)34-16(2)3)22(14-19)38-26(31)35-17(4)5/h10-11,14,16-18,20H,7-9,12-13,15,27H2,1-6H3/t18-,20-/m0/s1. The molecule has 214 valence electrons. The molecule has 0 spiro atoms. The van der Waals surface area contributed by atoms with E-state index in [9.17, 15) is 19.2 Å². The van der Waals surface area contributed by atoms with Crippen LogP contribution in [0, 0.1) is 0 Å². The van der Waals surface area contributed by atoms with Gasteiger partial charge in [0.15, 0.2) is 11.5 Å². The Hall–Kier alpha value is -3.54. The van der Waals surface area contributed by atoms with Gasteiger partial charge in [-0.05, 0) is 65.2 Å². The second-order valence-electron chi connectivity index (χ2n) is 8.99. The Morgan fingerprint density at radius 3 is 1.97 bits per heavy atom. The first-order valence-corrected chi connectivity index (χ1v) is 12.6. The quantitative estimate of drug-likeness (QED) is 0.150. The molecule has 0 bridgehead atoms. The van der Waals surface area contributed by atoms with E-state index < -0.39 is 48.8 Å². The number of carbonyl (C=O) groups excluding carboxylic acids is 4. The van der Waals surface area contributed by atoms with E-state index in [-0.39, 0.29) is 31.1 Å². The van der Waals surface area contributed by atoms with Crippen molar-refractivity contribution in [1.82, 2.24) is 0 Å². The van der Waals surface area contributed by atoms with Crippen LogP contribution in [0.5, 0.6) is 11.5 Å². The molecule has 0 saturated carbocycles. The molecule has 1 aromatic carbocycles. The molecule has 12 heteroatoms. The Labute approximate surface area is 223 Å². The molecule has 38 heavy (non-hydrogen) atoms. The van der Waals surface area contributed by atoms with E-state index in [1.165, 1.54) is 18.2 Å². The first-order chi connectivity index (χ1) is 17.9. The molecule has 12 nitrogen and oxygen atoms in total. The van der Waals surface area contributed by atoms with Gasteiger partial charge in [-0.15, -0.1) is 0 Å². The van der Waals surface area contributed by atoms with Gasteiger partial charge in [-0.1, -0.05) is 25.8 Å². The smallest absolute Gasteiger partial charge is 0.458 e. The van der Waals surface area contributed by atoms with Gasteiger partial charge >= 0.3 is 24.4 Å². The van der Waals surface area contributed by atoms with Crippen molar-refractivity contribution in [2.75, 3.05) is 13.2 Å².